The van der Waals surface area contributed by atoms with Crippen LogP contribution in [0.15, 0.2) is 71.9 Å². The molecule has 132 valence electrons. The Morgan fingerprint density at radius 1 is 0.963 bits per heavy atom. The maximum absolute atomic E-state index is 8.87. The van der Waals surface area contributed by atoms with Crippen molar-refractivity contribution >= 4 is 22.5 Å². The lowest BCUT2D eigenvalue weighted by molar-refractivity contribution is 0.806. The van der Waals surface area contributed by atoms with Gasteiger partial charge in [0.05, 0.1) is 11.6 Å². The summed E-state index contributed by atoms with van der Waals surface area (Å²) in [7, 11) is 0. The number of nitriles is 1. The number of nitrogens with zero attached hydrogens (tertiary/aromatic N) is 4. The number of nitrogen functional groups attached to an aromatic ring is 1. The summed E-state index contributed by atoms with van der Waals surface area (Å²) in [4.78, 5) is 0. The zero-order valence-corrected chi connectivity index (χ0v) is 15.4. The standard InChI is InChI=1S/C21H17N5S/c22-13-15-8-10-16(11-9-15)14-27-21-25-24-20(26(21)23)12-18-6-3-5-17-4-1-2-7-19(17)18/h1-11H,12,14,23H2. The minimum atomic E-state index is 0.627. The molecule has 0 saturated carbocycles. The minimum absolute atomic E-state index is 0.627. The van der Waals surface area contributed by atoms with Crippen molar-refractivity contribution in [2.24, 2.45) is 0 Å². The Morgan fingerprint density at radius 2 is 1.74 bits per heavy atom. The summed E-state index contributed by atoms with van der Waals surface area (Å²) in [5.41, 5.74) is 2.94. The zero-order chi connectivity index (χ0) is 18.6. The predicted molar refractivity (Wildman–Crippen MR) is 108 cm³/mol. The molecular weight excluding hydrogens is 354 g/mol. The molecule has 0 aliphatic rings. The Hall–Kier alpha value is -3.30. The van der Waals surface area contributed by atoms with Crippen LogP contribution in [0.25, 0.3) is 10.8 Å². The molecule has 27 heavy (non-hydrogen) atoms. The second kappa shape index (κ2) is 7.52. The van der Waals surface area contributed by atoms with Crippen molar-refractivity contribution in [3.05, 3.63) is 89.2 Å². The monoisotopic (exact) mass is 371 g/mol. The van der Waals surface area contributed by atoms with Crippen LogP contribution in [0.2, 0.25) is 0 Å². The van der Waals surface area contributed by atoms with Gasteiger partial charge >= 0.3 is 0 Å². The van der Waals surface area contributed by atoms with E-state index in [0.717, 1.165) is 17.1 Å². The number of nitrogens with two attached hydrogens (primary N) is 1. The Kier molecular flexibility index (Phi) is 4.77. The Balaban J connectivity index is 1.51. The molecule has 4 aromatic rings. The van der Waals surface area contributed by atoms with Crippen LogP contribution in [0.5, 0.6) is 0 Å². The smallest absolute Gasteiger partial charge is 0.210 e. The van der Waals surface area contributed by atoms with Gasteiger partial charge < -0.3 is 5.84 Å². The lowest BCUT2D eigenvalue weighted by Crippen LogP contribution is -2.14. The van der Waals surface area contributed by atoms with Gasteiger partial charge in [0.15, 0.2) is 5.82 Å². The molecule has 1 aromatic heterocycles. The Labute approximate surface area is 161 Å². The van der Waals surface area contributed by atoms with Crippen LogP contribution < -0.4 is 5.84 Å². The van der Waals surface area contributed by atoms with Crippen molar-refractivity contribution in [2.45, 2.75) is 17.3 Å². The largest absolute Gasteiger partial charge is 0.336 e. The number of fused-ring (bicyclic) bond motifs is 1. The van der Waals surface area contributed by atoms with Gasteiger partial charge in [-0.1, -0.05) is 66.4 Å². The summed E-state index contributed by atoms with van der Waals surface area (Å²) >= 11 is 1.53. The topological polar surface area (TPSA) is 80.5 Å². The molecule has 0 fully saturated rings. The number of rotatable bonds is 5. The second-order valence-electron chi connectivity index (χ2n) is 6.18. The van der Waals surface area contributed by atoms with Gasteiger partial charge in [-0.25, -0.2) is 4.68 Å². The van der Waals surface area contributed by atoms with Gasteiger partial charge in [-0.2, -0.15) is 5.26 Å². The molecule has 0 aliphatic heterocycles. The van der Waals surface area contributed by atoms with Crippen LogP contribution in [-0.4, -0.2) is 14.9 Å². The summed E-state index contributed by atoms with van der Waals surface area (Å²) in [5.74, 6) is 7.68. The van der Waals surface area contributed by atoms with Crippen molar-refractivity contribution in [3.63, 3.8) is 0 Å². The van der Waals surface area contributed by atoms with Crippen molar-refractivity contribution in [1.29, 1.82) is 5.26 Å². The number of benzene rings is 3. The van der Waals surface area contributed by atoms with E-state index in [1.54, 1.807) is 4.68 Å². The normalized spacial score (nSPS) is 10.8. The molecule has 1 heterocycles. The molecule has 4 rings (SSSR count). The highest BCUT2D eigenvalue weighted by atomic mass is 32.2. The van der Waals surface area contributed by atoms with Gasteiger partial charge in [-0.3, -0.25) is 0 Å². The summed E-state index contributed by atoms with van der Waals surface area (Å²) in [6, 6.07) is 24.2. The van der Waals surface area contributed by atoms with Crippen LogP contribution >= 0.6 is 11.8 Å². The first-order valence-electron chi connectivity index (χ1n) is 8.52. The molecule has 0 spiro atoms. The highest BCUT2D eigenvalue weighted by molar-refractivity contribution is 7.98. The summed E-state index contributed by atoms with van der Waals surface area (Å²) < 4.78 is 1.57. The van der Waals surface area contributed by atoms with E-state index in [1.165, 1.54) is 28.1 Å². The van der Waals surface area contributed by atoms with E-state index in [4.69, 9.17) is 11.1 Å². The third-order valence-electron chi connectivity index (χ3n) is 4.41. The first-order valence-corrected chi connectivity index (χ1v) is 9.51. The van der Waals surface area contributed by atoms with E-state index in [9.17, 15) is 0 Å². The third-order valence-corrected chi connectivity index (χ3v) is 5.43. The van der Waals surface area contributed by atoms with Gasteiger partial charge in [-0.05, 0) is 34.0 Å². The van der Waals surface area contributed by atoms with Crippen molar-refractivity contribution in [2.75, 3.05) is 5.84 Å². The van der Waals surface area contributed by atoms with Crippen LogP contribution in [0.4, 0.5) is 0 Å². The Bertz CT molecular complexity index is 1120. The average molecular weight is 371 g/mol. The van der Waals surface area contributed by atoms with Crippen molar-refractivity contribution < 1.29 is 0 Å². The van der Waals surface area contributed by atoms with Gasteiger partial charge in [0.25, 0.3) is 0 Å². The highest BCUT2D eigenvalue weighted by Gasteiger charge is 2.12. The van der Waals surface area contributed by atoms with E-state index < -0.39 is 0 Å². The average Bonchev–Trinajstić information content (AvgIpc) is 3.06. The second-order valence-corrected chi connectivity index (χ2v) is 7.12. The SMILES string of the molecule is N#Cc1ccc(CSc2nnc(Cc3cccc4ccccc34)n2N)cc1. The predicted octanol–water partition coefficient (Wildman–Crippen LogP) is 3.90. The fourth-order valence-electron chi connectivity index (χ4n) is 2.97. The summed E-state index contributed by atoms with van der Waals surface area (Å²) in [6.45, 7) is 0. The van der Waals surface area contributed by atoms with E-state index in [2.05, 4.69) is 46.6 Å². The van der Waals surface area contributed by atoms with Gasteiger partial charge in [-0.15, -0.1) is 10.2 Å². The number of hydrogen-bond acceptors (Lipinski definition) is 5. The van der Waals surface area contributed by atoms with Crippen LogP contribution in [0.3, 0.4) is 0 Å². The summed E-state index contributed by atoms with van der Waals surface area (Å²) in [6.07, 6.45) is 0.627. The maximum Gasteiger partial charge on any atom is 0.210 e. The molecule has 0 radical (unpaired) electrons. The lowest BCUT2D eigenvalue weighted by atomic mass is 10.0. The molecule has 0 atom stereocenters. The quantitative estimate of drug-likeness (QED) is 0.425. The van der Waals surface area contributed by atoms with Crippen molar-refractivity contribution in [3.8, 4) is 6.07 Å². The molecule has 5 nitrogen and oxygen atoms in total. The first kappa shape index (κ1) is 17.1. The molecule has 6 heteroatoms. The van der Waals surface area contributed by atoms with Crippen LogP contribution in [0.1, 0.15) is 22.5 Å². The molecule has 0 unspecified atom stereocenters. The van der Waals surface area contributed by atoms with Gasteiger partial charge in [0.1, 0.15) is 0 Å². The molecule has 0 saturated heterocycles. The van der Waals surface area contributed by atoms with E-state index in [0.29, 0.717) is 17.1 Å². The number of hydrogen-bond donors (Lipinski definition) is 1. The third kappa shape index (κ3) is 3.64. The molecule has 2 N–H and O–H groups in total. The zero-order valence-electron chi connectivity index (χ0n) is 14.5. The van der Waals surface area contributed by atoms with Crippen molar-refractivity contribution in [1.82, 2.24) is 14.9 Å². The Morgan fingerprint density at radius 3 is 2.56 bits per heavy atom. The van der Waals surface area contributed by atoms with Gasteiger partial charge in [0, 0.05) is 12.2 Å². The van der Waals surface area contributed by atoms with Crippen LogP contribution in [0, 0.1) is 11.3 Å². The van der Waals surface area contributed by atoms with E-state index >= 15 is 0 Å². The van der Waals surface area contributed by atoms with E-state index in [-0.39, 0.29) is 0 Å². The number of aromatic nitrogens is 3. The highest BCUT2D eigenvalue weighted by Crippen LogP contribution is 2.24. The van der Waals surface area contributed by atoms with Gasteiger partial charge in [0.2, 0.25) is 5.16 Å². The summed E-state index contributed by atoms with van der Waals surface area (Å²) in [5, 5.41) is 20.5. The molecule has 0 bridgehead atoms. The maximum atomic E-state index is 8.87. The minimum Gasteiger partial charge on any atom is -0.336 e. The molecule has 3 aromatic carbocycles. The lowest BCUT2D eigenvalue weighted by Gasteiger charge is -2.07. The first-order chi connectivity index (χ1) is 13.2. The molecule has 0 amide bonds. The fraction of sp³-hybridized carbons (Fsp3) is 0.0952. The molecular formula is C21H17N5S. The van der Waals surface area contributed by atoms with E-state index in [1.807, 2.05) is 36.4 Å². The fourth-order valence-corrected chi connectivity index (χ4v) is 3.80. The van der Waals surface area contributed by atoms with Crippen LogP contribution in [-0.2, 0) is 12.2 Å². The molecule has 0 aliphatic carbocycles. The number of thioether (sulfide) groups is 1.